The molecule has 0 bridgehead atoms. The molecule has 39 heavy (non-hydrogen) atoms. The molecule has 2 N–H and O–H groups in total. The number of ether oxygens (including phenoxy) is 1. The number of aliphatic hydroxyl groups is 1. The van der Waals surface area contributed by atoms with Crippen molar-refractivity contribution in [2.24, 2.45) is 4.99 Å². The lowest BCUT2D eigenvalue weighted by molar-refractivity contribution is -0.119. The van der Waals surface area contributed by atoms with Crippen molar-refractivity contribution in [2.45, 2.75) is 20.4 Å². The first-order chi connectivity index (χ1) is 19.0. The monoisotopic (exact) mass is 557 g/mol. The Kier molecular flexibility index (Phi) is 18.0. The lowest BCUT2D eigenvalue weighted by Crippen LogP contribution is -2.48. The number of hydrogen-bond donors (Lipinski definition) is 2. The molecule has 0 spiro atoms. The summed E-state index contributed by atoms with van der Waals surface area (Å²) < 4.78 is 10.3. The molecule has 0 aliphatic heterocycles. The number of rotatable bonds is 8. The Bertz CT molecular complexity index is 1150. The van der Waals surface area contributed by atoms with Gasteiger partial charge in [-0.25, -0.2) is 9.79 Å². The predicted molar refractivity (Wildman–Crippen MR) is 150 cm³/mol. The number of hydrogen-bond acceptors (Lipinski definition) is 8. The van der Waals surface area contributed by atoms with Crippen molar-refractivity contribution >= 4 is 42.0 Å². The van der Waals surface area contributed by atoms with Gasteiger partial charge in [-0.2, -0.15) is 0 Å². The Hall–Kier alpha value is -4.66. The number of urea groups is 1. The Labute approximate surface area is 233 Å². The van der Waals surface area contributed by atoms with Gasteiger partial charge in [0.2, 0.25) is 12.4 Å². The van der Waals surface area contributed by atoms with Crippen molar-refractivity contribution in [3.8, 4) is 24.5 Å². The first kappa shape index (κ1) is 34.3. The van der Waals surface area contributed by atoms with Crippen LogP contribution in [0.2, 0.25) is 5.02 Å². The fourth-order valence-corrected chi connectivity index (χ4v) is 2.78. The lowest BCUT2D eigenvalue weighted by atomic mass is 10.2. The zero-order valence-corrected chi connectivity index (χ0v) is 22.9. The van der Waals surface area contributed by atoms with Crippen molar-refractivity contribution in [1.82, 2.24) is 20.3 Å². The third-order valence-electron chi connectivity index (χ3n) is 4.28. The summed E-state index contributed by atoms with van der Waals surface area (Å²) in [5.41, 5.74) is 1.43. The van der Waals surface area contributed by atoms with Crippen LogP contribution in [-0.2, 0) is 16.1 Å². The van der Waals surface area contributed by atoms with Crippen molar-refractivity contribution in [3.63, 3.8) is 0 Å². The first-order valence-corrected chi connectivity index (χ1v) is 11.8. The van der Waals surface area contributed by atoms with E-state index < -0.39 is 6.03 Å². The van der Waals surface area contributed by atoms with Gasteiger partial charge in [-0.3, -0.25) is 15.0 Å². The minimum Gasteiger partial charge on any atom is -0.436 e. The number of aromatic nitrogens is 1. The molecule has 3 aromatic rings. The van der Waals surface area contributed by atoms with Crippen LogP contribution in [0, 0.1) is 12.8 Å². The van der Waals surface area contributed by atoms with Gasteiger partial charge in [0, 0.05) is 31.8 Å². The van der Waals surface area contributed by atoms with Crippen LogP contribution in [-0.4, -0.2) is 65.5 Å². The molecule has 0 saturated carbocycles. The van der Waals surface area contributed by atoms with E-state index in [2.05, 4.69) is 28.3 Å². The van der Waals surface area contributed by atoms with Crippen LogP contribution in [0.5, 0.6) is 11.6 Å². The quantitative estimate of drug-likeness (QED) is 0.179. The molecule has 0 aliphatic rings. The molecule has 0 unspecified atom stereocenters. The van der Waals surface area contributed by atoms with Crippen molar-refractivity contribution < 1.29 is 28.8 Å². The van der Waals surface area contributed by atoms with Crippen molar-refractivity contribution in [3.05, 3.63) is 71.4 Å². The second-order valence-electron chi connectivity index (χ2n) is 6.71. The van der Waals surface area contributed by atoms with Crippen molar-refractivity contribution in [2.75, 3.05) is 20.7 Å². The molecule has 3 amide bonds. The third kappa shape index (κ3) is 12.4. The molecule has 0 saturated heterocycles. The molecule has 3 rings (SSSR count). The Morgan fingerprint density at radius 3 is 2.23 bits per heavy atom. The van der Waals surface area contributed by atoms with E-state index >= 15 is 0 Å². The van der Waals surface area contributed by atoms with Crippen LogP contribution in [0.1, 0.15) is 19.4 Å². The van der Waals surface area contributed by atoms with E-state index in [1.807, 2.05) is 26.0 Å². The molecule has 208 valence electrons. The number of terminal acetylenes is 1. The maximum atomic E-state index is 12.5. The standard InChI is InChI=1S/C22H20ClN5O5.C2H6.C2H2.CH4O/c1-27(14-16-2-4-17(23)5-3-16)21(25-22(31)28(15-30)11-12-29)24-18-6-8-19(9-7-18)33-20-10-13-32-26-20;3*1-2/h2-10,12-13,15H,11,14H2,1H3,(H,24,25,31);1-2H3;1-2H;2H,1H3. The summed E-state index contributed by atoms with van der Waals surface area (Å²) in [6.07, 6.45) is 10.1. The van der Waals surface area contributed by atoms with E-state index in [4.69, 9.17) is 26.0 Å². The molecule has 12 heteroatoms. The van der Waals surface area contributed by atoms with Gasteiger partial charge in [0.15, 0.2) is 0 Å². The Balaban J connectivity index is 0.00000225. The van der Waals surface area contributed by atoms with Gasteiger partial charge in [-0.15, -0.1) is 12.8 Å². The second kappa shape index (κ2) is 20.4. The number of aliphatic hydroxyl groups excluding tert-OH is 1. The molecule has 1 aromatic heterocycles. The molecule has 1 heterocycles. The van der Waals surface area contributed by atoms with E-state index in [9.17, 15) is 14.4 Å². The summed E-state index contributed by atoms with van der Waals surface area (Å²) in [6, 6.07) is 14.7. The maximum Gasteiger partial charge on any atom is 0.331 e. The molecule has 2 aromatic carbocycles. The van der Waals surface area contributed by atoms with Gasteiger partial charge in [-0.1, -0.05) is 37.6 Å². The number of aliphatic imine (C=N–C) groups is 1. The number of amides is 3. The first-order valence-electron chi connectivity index (χ1n) is 11.5. The van der Waals surface area contributed by atoms with Crippen LogP contribution in [0.25, 0.3) is 0 Å². The third-order valence-corrected chi connectivity index (χ3v) is 4.53. The zero-order valence-electron chi connectivity index (χ0n) is 22.2. The van der Waals surface area contributed by atoms with Crippen molar-refractivity contribution in [1.29, 1.82) is 0 Å². The minimum atomic E-state index is -0.787. The highest BCUT2D eigenvalue weighted by Gasteiger charge is 2.17. The summed E-state index contributed by atoms with van der Waals surface area (Å²) >= 11 is 5.94. The van der Waals surface area contributed by atoms with E-state index in [0.717, 1.165) is 12.7 Å². The highest BCUT2D eigenvalue weighted by molar-refractivity contribution is 6.30. The van der Waals surface area contributed by atoms with Gasteiger partial charge in [0.1, 0.15) is 18.3 Å². The van der Waals surface area contributed by atoms with Crippen LogP contribution in [0.3, 0.4) is 0 Å². The normalized spacial score (nSPS) is 9.59. The van der Waals surface area contributed by atoms with Gasteiger partial charge < -0.3 is 24.1 Å². The molecule has 0 aliphatic carbocycles. The fraction of sp³-hybridized carbons (Fsp3) is 0.222. The second-order valence-corrected chi connectivity index (χ2v) is 7.14. The minimum absolute atomic E-state index is 0.165. The Morgan fingerprint density at radius 2 is 1.72 bits per heavy atom. The molecule has 0 fully saturated rings. The summed E-state index contributed by atoms with van der Waals surface area (Å²) in [5, 5.41) is 13.9. The van der Waals surface area contributed by atoms with Gasteiger partial charge in [0.05, 0.1) is 12.2 Å². The zero-order chi connectivity index (χ0) is 29.6. The van der Waals surface area contributed by atoms with Crippen LogP contribution in [0.4, 0.5) is 10.5 Å². The van der Waals surface area contributed by atoms with Crippen LogP contribution in [0.15, 0.2) is 70.4 Å². The molecule has 0 radical (unpaired) electrons. The molecular formula is C27H32ClN5O6. The van der Waals surface area contributed by atoms with E-state index in [-0.39, 0.29) is 18.9 Å². The van der Waals surface area contributed by atoms with Crippen LogP contribution >= 0.6 is 11.6 Å². The lowest BCUT2D eigenvalue weighted by Gasteiger charge is -2.23. The highest BCUT2D eigenvalue weighted by Crippen LogP contribution is 2.23. The largest absolute Gasteiger partial charge is 0.436 e. The van der Waals surface area contributed by atoms with E-state index in [1.54, 1.807) is 54.4 Å². The molecule has 11 nitrogen and oxygen atoms in total. The summed E-state index contributed by atoms with van der Waals surface area (Å²) in [5.74, 6) is 0.991. The van der Waals surface area contributed by atoms with Gasteiger partial charge in [0.25, 0.3) is 5.88 Å². The van der Waals surface area contributed by atoms with E-state index in [1.165, 1.54) is 6.26 Å². The predicted octanol–water partition coefficient (Wildman–Crippen LogP) is 4.49. The maximum absolute atomic E-state index is 12.5. The summed E-state index contributed by atoms with van der Waals surface area (Å²) in [7, 11) is 2.72. The summed E-state index contributed by atoms with van der Waals surface area (Å²) in [6.45, 7) is 4.01. The number of benzene rings is 2. The number of aldehydes is 1. The number of carbonyl (C=O) groups excluding carboxylic acids is 3. The average molecular weight is 558 g/mol. The average Bonchev–Trinajstić information content (AvgIpc) is 3.50. The van der Waals surface area contributed by atoms with Gasteiger partial charge in [-0.05, 0) is 47.1 Å². The molecule has 0 atom stereocenters. The number of guanidine groups is 1. The fourth-order valence-electron chi connectivity index (χ4n) is 2.65. The highest BCUT2D eigenvalue weighted by atomic mass is 35.5. The Morgan fingerprint density at radius 1 is 1.10 bits per heavy atom. The SMILES string of the molecule is C#C.CC.CN(Cc1ccc(Cl)cc1)C(=Nc1ccc(Oc2ccon2)cc1)NC(=O)N(C=O)CC=O.CO. The van der Waals surface area contributed by atoms with Crippen LogP contribution < -0.4 is 10.1 Å². The number of nitrogens with one attached hydrogen (secondary N) is 1. The van der Waals surface area contributed by atoms with Gasteiger partial charge >= 0.3 is 6.03 Å². The van der Waals surface area contributed by atoms with E-state index in [0.29, 0.717) is 40.1 Å². The smallest absolute Gasteiger partial charge is 0.331 e. The number of carbonyl (C=O) groups is 3. The number of imide groups is 1. The number of nitrogens with zero attached hydrogens (tertiary/aromatic N) is 4. The number of halogens is 1. The summed E-state index contributed by atoms with van der Waals surface area (Å²) in [4.78, 5) is 41.2. The molecular weight excluding hydrogens is 526 g/mol. The topological polar surface area (TPSA) is 138 Å².